The van der Waals surface area contributed by atoms with Crippen molar-refractivity contribution in [2.24, 2.45) is 11.7 Å². The summed E-state index contributed by atoms with van der Waals surface area (Å²) in [6, 6.07) is 4.39. The van der Waals surface area contributed by atoms with Gasteiger partial charge in [0.1, 0.15) is 11.3 Å². The maximum Gasteiger partial charge on any atom is 0.339 e. The molecule has 0 saturated heterocycles. The molecule has 1 aromatic carbocycles. The quantitative estimate of drug-likeness (QED) is 0.720. The number of anilines is 1. The third kappa shape index (κ3) is 3.69. The average Bonchev–Trinajstić information content (AvgIpc) is 2.39. The van der Waals surface area contributed by atoms with Gasteiger partial charge in [-0.25, -0.2) is 4.79 Å². The second-order valence-corrected chi connectivity index (χ2v) is 4.05. The van der Waals surface area contributed by atoms with Crippen LogP contribution in [0.2, 0.25) is 0 Å². The first-order chi connectivity index (χ1) is 9.03. The van der Waals surface area contributed by atoms with Crippen LogP contribution in [0.15, 0.2) is 18.2 Å². The van der Waals surface area contributed by atoms with Gasteiger partial charge in [-0.3, -0.25) is 4.79 Å². The summed E-state index contributed by atoms with van der Waals surface area (Å²) in [5.74, 6) is -1.32. The smallest absolute Gasteiger partial charge is 0.339 e. The topological polar surface area (TPSA) is 102 Å². The molecule has 104 valence electrons. The Hall–Kier alpha value is -2.08. The van der Waals surface area contributed by atoms with E-state index in [1.54, 1.807) is 0 Å². The molecule has 0 bridgehead atoms. The van der Waals surface area contributed by atoms with Crippen LogP contribution < -0.4 is 15.8 Å². The van der Waals surface area contributed by atoms with Gasteiger partial charge in [0, 0.05) is 18.3 Å². The monoisotopic (exact) mass is 266 g/mol. The van der Waals surface area contributed by atoms with Gasteiger partial charge in [0.25, 0.3) is 0 Å². The lowest BCUT2D eigenvalue weighted by molar-refractivity contribution is -0.119. The molecule has 1 unspecified atom stereocenters. The first-order valence-electron chi connectivity index (χ1n) is 5.95. The standard InChI is InChI=1S/C13H18N2O4/c1-3-8(7-14)12(16)15-9-4-5-10(13(17)18)11(6-9)19-2/h4-6,8H,3,7,14H2,1-2H3,(H,15,16)(H,17,18). The Balaban J connectivity index is 2.91. The number of amides is 1. The maximum atomic E-state index is 11.8. The van der Waals surface area contributed by atoms with E-state index in [1.165, 1.54) is 25.3 Å². The van der Waals surface area contributed by atoms with Crippen LogP contribution in [0.1, 0.15) is 23.7 Å². The average molecular weight is 266 g/mol. The van der Waals surface area contributed by atoms with Crippen molar-refractivity contribution in [1.29, 1.82) is 0 Å². The molecule has 0 aromatic heterocycles. The first kappa shape index (κ1) is 15.0. The molecule has 0 heterocycles. The van der Waals surface area contributed by atoms with Crippen molar-refractivity contribution < 1.29 is 19.4 Å². The van der Waals surface area contributed by atoms with Crippen molar-refractivity contribution in [3.63, 3.8) is 0 Å². The third-order valence-corrected chi connectivity index (χ3v) is 2.85. The molecule has 1 rings (SSSR count). The van der Waals surface area contributed by atoms with Crippen LogP contribution in [0, 0.1) is 5.92 Å². The van der Waals surface area contributed by atoms with E-state index in [0.717, 1.165) is 0 Å². The van der Waals surface area contributed by atoms with Crippen molar-refractivity contribution in [2.45, 2.75) is 13.3 Å². The second-order valence-electron chi connectivity index (χ2n) is 4.05. The lowest BCUT2D eigenvalue weighted by Crippen LogP contribution is -2.28. The van der Waals surface area contributed by atoms with Gasteiger partial charge in [0.05, 0.1) is 13.0 Å². The molecule has 1 aromatic rings. The van der Waals surface area contributed by atoms with Crippen molar-refractivity contribution >= 4 is 17.6 Å². The fraction of sp³-hybridized carbons (Fsp3) is 0.385. The van der Waals surface area contributed by atoms with E-state index in [9.17, 15) is 9.59 Å². The van der Waals surface area contributed by atoms with Gasteiger partial charge in [-0.15, -0.1) is 0 Å². The van der Waals surface area contributed by atoms with E-state index in [2.05, 4.69) is 5.32 Å². The van der Waals surface area contributed by atoms with Gasteiger partial charge in [0.2, 0.25) is 5.91 Å². The van der Waals surface area contributed by atoms with Crippen LogP contribution in [-0.2, 0) is 4.79 Å². The molecule has 0 fully saturated rings. The number of nitrogens with two attached hydrogens (primary N) is 1. The molecule has 0 spiro atoms. The first-order valence-corrected chi connectivity index (χ1v) is 5.95. The highest BCUT2D eigenvalue weighted by Gasteiger charge is 2.16. The summed E-state index contributed by atoms with van der Waals surface area (Å²) in [7, 11) is 1.38. The number of hydrogen-bond acceptors (Lipinski definition) is 4. The highest BCUT2D eigenvalue weighted by Crippen LogP contribution is 2.23. The zero-order valence-electron chi connectivity index (χ0n) is 11.0. The van der Waals surface area contributed by atoms with E-state index < -0.39 is 5.97 Å². The molecule has 0 radical (unpaired) electrons. The van der Waals surface area contributed by atoms with Crippen LogP contribution in [-0.4, -0.2) is 30.6 Å². The number of carboxylic acid groups (broad SMARTS) is 1. The maximum absolute atomic E-state index is 11.8. The molecule has 0 saturated carbocycles. The predicted octanol–water partition coefficient (Wildman–Crippen LogP) is 1.32. The fourth-order valence-electron chi connectivity index (χ4n) is 1.65. The Morgan fingerprint density at radius 2 is 2.16 bits per heavy atom. The van der Waals surface area contributed by atoms with Gasteiger partial charge in [-0.2, -0.15) is 0 Å². The summed E-state index contributed by atoms with van der Waals surface area (Å²) in [6.07, 6.45) is 0.646. The SMILES string of the molecule is CCC(CN)C(=O)Nc1ccc(C(=O)O)c(OC)c1. The number of methoxy groups -OCH3 is 1. The molecule has 6 nitrogen and oxygen atoms in total. The number of carbonyl (C=O) groups excluding carboxylic acids is 1. The van der Waals surface area contributed by atoms with E-state index in [1.807, 2.05) is 6.92 Å². The van der Waals surface area contributed by atoms with Crippen molar-refractivity contribution in [1.82, 2.24) is 0 Å². The number of carboxylic acids is 1. The van der Waals surface area contributed by atoms with Gasteiger partial charge >= 0.3 is 5.97 Å². The number of rotatable bonds is 6. The van der Waals surface area contributed by atoms with E-state index in [0.29, 0.717) is 12.1 Å². The minimum absolute atomic E-state index is 0.0476. The molecular formula is C13H18N2O4. The van der Waals surface area contributed by atoms with Crippen LogP contribution in [0.5, 0.6) is 5.75 Å². The minimum Gasteiger partial charge on any atom is -0.496 e. The highest BCUT2D eigenvalue weighted by molar-refractivity contribution is 5.95. The predicted molar refractivity (Wildman–Crippen MR) is 71.4 cm³/mol. The van der Waals surface area contributed by atoms with Crippen molar-refractivity contribution in [2.75, 3.05) is 19.0 Å². The molecule has 6 heteroatoms. The molecular weight excluding hydrogens is 248 g/mol. The summed E-state index contributed by atoms with van der Waals surface area (Å²) >= 11 is 0. The largest absolute Gasteiger partial charge is 0.496 e. The van der Waals surface area contributed by atoms with E-state index in [4.69, 9.17) is 15.6 Å². The Morgan fingerprint density at radius 3 is 2.63 bits per heavy atom. The van der Waals surface area contributed by atoms with Gasteiger partial charge in [-0.05, 0) is 18.6 Å². The summed E-state index contributed by atoms with van der Waals surface area (Å²) in [6.45, 7) is 2.15. The van der Waals surface area contributed by atoms with Crippen LogP contribution in [0.25, 0.3) is 0 Å². The Morgan fingerprint density at radius 1 is 1.47 bits per heavy atom. The van der Waals surface area contributed by atoms with Crippen molar-refractivity contribution in [3.05, 3.63) is 23.8 Å². The third-order valence-electron chi connectivity index (χ3n) is 2.85. The molecule has 0 aliphatic rings. The normalized spacial score (nSPS) is 11.7. The molecule has 0 aliphatic carbocycles. The molecule has 0 aliphatic heterocycles. The van der Waals surface area contributed by atoms with Gasteiger partial charge in [-0.1, -0.05) is 6.92 Å². The number of benzene rings is 1. The second kappa shape index (κ2) is 6.75. The fourth-order valence-corrected chi connectivity index (χ4v) is 1.65. The lowest BCUT2D eigenvalue weighted by atomic mass is 10.1. The van der Waals surface area contributed by atoms with Crippen molar-refractivity contribution in [3.8, 4) is 5.75 Å². The lowest BCUT2D eigenvalue weighted by Gasteiger charge is -2.14. The van der Waals surface area contributed by atoms with Gasteiger partial charge in [0.15, 0.2) is 0 Å². The summed E-state index contributed by atoms with van der Waals surface area (Å²) in [5.41, 5.74) is 6.03. The molecule has 4 N–H and O–H groups in total. The summed E-state index contributed by atoms with van der Waals surface area (Å²) in [5, 5.41) is 11.6. The zero-order chi connectivity index (χ0) is 14.4. The Kier molecular flexibility index (Phi) is 5.32. The number of carbonyl (C=O) groups is 2. The molecule has 1 amide bonds. The van der Waals surface area contributed by atoms with E-state index >= 15 is 0 Å². The summed E-state index contributed by atoms with van der Waals surface area (Å²) < 4.78 is 4.99. The molecule has 19 heavy (non-hydrogen) atoms. The molecule has 1 atom stereocenters. The van der Waals surface area contributed by atoms with Gasteiger partial charge < -0.3 is 20.9 Å². The zero-order valence-corrected chi connectivity index (χ0v) is 11.0. The Labute approximate surface area is 111 Å². The number of hydrogen-bond donors (Lipinski definition) is 3. The number of nitrogens with one attached hydrogen (secondary N) is 1. The minimum atomic E-state index is -1.08. The van der Waals surface area contributed by atoms with E-state index in [-0.39, 0.29) is 29.7 Å². The highest BCUT2D eigenvalue weighted by atomic mass is 16.5. The summed E-state index contributed by atoms with van der Waals surface area (Å²) in [4.78, 5) is 22.8. The van der Waals surface area contributed by atoms with Crippen LogP contribution in [0.3, 0.4) is 0 Å². The number of aromatic carboxylic acids is 1. The number of ether oxygens (including phenoxy) is 1. The van der Waals surface area contributed by atoms with Crippen LogP contribution >= 0.6 is 0 Å². The Bertz CT molecular complexity index is 470. The van der Waals surface area contributed by atoms with Crippen LogP contribution in [0.4, 0.5) is 5.69 Å².